The highest BCUT2D eigenvalue weighted by Gasteiger charge is 2.24. The van der Waals surface area contributed by atoms with E-state index in [1.165, 1.54) is 28.6 Å². The summed E-state index contributed by atoms with van der Waals surface area (Å²) in [5.74, 6) is -1.23. The standard InChI is InChI=1S/C25H26N2O5S/c1-3-27(22-9-5-4-6-10-22)33(30,31)23-11-7-8-21(16-23)25(29)32-18-24(28)26-17-20-14-12-19(2)13-15-20/h4-16H,3,17-18H2,1-2H3,(H,26,28). The lowest BCUT2D eigenvalue weighted by Gasteiger charge is -2.23. The van der Waals surface area contributed by atoms with Gasteiger partial charge in [-0.15, -0.1) is 0 Å². The number of amides is 1. The molecule has 0 bridgehead atoms. The van der Waals surface area contributed by atoms with E-state index in [0.29, 0.717) is 12.2 Å². The van der Waals surface area contributed by atoms with Crippen LogP contribution in [0.5, 0.6) is 0 Å². The lowest BCUT2D eigenvalue weighted by Crippen LogP contribution is -2.31. The number of ether oxygens (including phenoxy) is 1. The first-order valence-corrected chi connectivity index (χ1v) is 11.9. The van der Waals surface area contributed by atoms with Crippen molar-refractivity contribution in [1.29, 1.82) is 0 Å². The first-order chi connectivity index (χ1) is 15.8. The Bertz CT molecular complexity index is 1210. The molecule has 1 N–H and O–H groups in total. The Kier molecular flexibility index (Phi) is 7.84. The lowest BCUT2D eigenvalue weighted by molar-refractivity contribution is -0.124. The normalized spacial score (nSPS) is 11.0. The van der Waals surface area contributed by atoms with Gasteiger partial charge in [0, 0.05) is 13.1 Å². The molecular formula is C25H26N2O5S. The third-order valence-electron chi connectivity index (χ3n) is 4.93. The van der Waals surface area contributed by atoms with Gasteiger partial charge in [0.1, 0.15) is 0 Å². The number of nitrogens with zero attached hydrogens (tertiary/aromatic N) is 1. The van der Waals surface area contributed by atoms with Crippen LogP contribution < -0.4 is 9.62 Å². The quantitative estimate of drug-likeness (QED) is 0.486. The van der Waals surface area contributed by atoms with Crippen LogP contribution in [-0.4, -0.2) is 33.4 Å². The molecule has 0 saturated heterocycles. The van der Waals surface area contributed by atoms with Crippen LogP contribution in [0.25, 0.3) is 0 Å². The Labute approximate surface area is 194 Å². The van der Waals surface area contributed by atoms with E-state index in [1.807, 2.05) is 31.2 Å². The largest absolute Gasteiger partial charge is 0.452 e. The molecular weight excluding hydrogens is 440 g/mol. The number of hydrogen-bond acceptors (Lipinski definition) is 5. The van der Waals surface area contributed by atoms with Gasteiger partial charge in [0.25, 0.3) is 15.9 Å². The molecule has 0 aromatic heterocycles. The van der Waals surface area contributed by atoms with Gasteiger partial charge in [0.2, 0.25) is 0 Å². The second kappa shape index (κ2) is 10.8. The molecule has 0 fully saturated rings. The van der Waals surface area contributed by atoms with Crippen LogP contribution in [0.1, 0.15) is 28.4 Å². The van der Waals surface area contributed by atoms with Crippen LogP contribution >= 0.6 is 0 Å². The molecule has 0 heterocycles. The summed E-state index contributed by atoms with van der Waals surface area (Å²) in [4.78, 5) is 24.4. The highest BCUT2D eigenvalue weighted by molar-refractivity contribution is 7.92. The molecule has 8 heteroatoms. The maximum Gasteiger partial charge on any atom is 0.338 e. The number of anilines is 1. The van der Waals surface area contributed by atoms with Crippen LogP contribution in [0, 0.1) is 6.92 Å². The van der Waals surface area contributed by atoms with E-state index in [0.717, 1.165) is 11.1 Å². The van der Waals surface area contributed by atoms with Crippen molar-refractivity contribution in [3.63, 3.8) is 0 Å². The molecule has 0 unspecified atom stereocenters. The fraction of sp³-hybridized carbons (Fsp3) is 0.200. The zero-order chi connectivity index (χ0) is 23.8. The van der Waals surface area contributed by atoms with Gasteiger partial charge in [-0.05, 0) is 49.7 Å². The fourth-order valence-electron chi connectivity index (χ4n) is 3.17. The molecule has 3 aromatic rings. The highest BCUT2D eigenvalue weighted by atomic mass is 32.2. The number of hydrogen-bond donors (Lipinski definition) is 1. The summed E-state index contributed by atoms with van der Waals surface area (Å²) in [7, 11) is -3.89. The zero-order valence-corrected chi connectivity index (χ0v) is 19.3. The van der Waals surface area contributed by atoms with Crippen molar-refractivity contribution in [3.8, 4) is 0 Å². The summed E-state index contributed by atoms with van der Waals surface area (Å²) in [6.45, 7) is 3.78. The molecule has 0 aliphatic heterocycles. The van der Waals surface area contributed by atoms with E-state index in [4.69, 9.17) is 4.74 Å². The van der Waals surface area contributed by atoms with Gasteiger partial charge in [0.15, 0.2) is 6.61 Å². The minimum atomic E-state index is -3.89. The maximum absolute atomic E-state index is 13.2. The minimum absolute atomic E-state index is 0.0357. The summed E-state index contributed by atoms with van der Waals surface area (Å²) in [5.41, 5.74) is 2.62. The minimum Gasteiger partial charge on any atom is -0.452 e. The number of rotatable bonds is 9. The van der Waals surface area contributed by atoms with Crippen molar-refractivity contribution in [1.82, 2.24) is 5.32 Å². The summed E-state index contributed by atoms with van der Waals surface area (Å²) in [6, 6.07) is 22.0. The van der Waals surface area contributed by atoms with Gasteiger partial charge in [-0.25, -0.2) is 13.2 Å². The van der Waals surface area contributed by atoms with Gasteiger partial charge < -0.3 is 10.1 Å². The van der Waals surface area contributed by atoms with Crippen molar-refractivity contribution in [3.05, 3.63) is 95.6 Å². The number of carbonyl (C=O) groups is 2. The number of sulfonamides is 1. The summed E-state index contributed by atoms with van der Waals surface area (Å²) in [6.07, 6.45) is 0. The van der Waals surface area contributed by atoms with Gasteiger partial charge in [-0.3, -0.25) is 9.10 Å². The van der Waals surface area contributed by atoms with Gasteiger partial charge in [-0.2, -0.15) is 0 Å². The number of carbonyl (C=O) groups excluding carboxylic acids is 2. The number of benzene rings is 3. The van der Waals surface area contributed by atoms with Gasteiger partial charge >= 0.3 is 5.97 Å². The second-order valence-electron chi connectivity index (χ2n) is 7.37. The number of para-hydroxylation sites is 1. The van der Waals surface area contributed by atoms with Crippen LogP contribution in [-0.2, 0) is 26.1 Å². The molecule has 0 saturated carbocycles. The fourth-order valence-corrected chi connectivity index (χ4v) is 4.69. The van der Waals surface area contributed by atoms with Crippen LogP contribution in [0.3, 0.4) is 0 Å². The molecule has 172 valence electrons. The number of esters is 1. The van der Waals surface area contributed by atoms with E-state index in [9.17, 15) is 18.0 Å². The third-order valence-corrected chi connectivity index (χ3v) is 6.83. The molecule has 33 heavy (non-hydrogen) atoms. The van der Waals surface area contributed by atoms with Crippen LogP contribution in [0.4, 0.5) is 5.69 Å². The van der Waals surface area contributed by atoms with E-state index >= 15 is 0 Å². The van der Waals surface area contributed by atoms with E-state index in [1.54, 1.807) is 37.3 Å². The summed E-state index contributed by atoms with van der Waals surface area (Å²) >= 11 is 0. The van der Waals surface area contributed by atoms with Crippen molar-refractivity contribution < 1.29 is 22.7 Å². The Morgan fingerprint density at radius 1 is 0.939 bits per heavy atom. The van der Waals surface area contributed by atoms with Gasteiger partial charge in [-0.1, -0.05) is 54.1 Å². The van der Waals surface area contributed by atoms with Crippen molar-refractivity contribution in [2.24, 2.45) is 0 Å². The van der Waals surface area contributed by atoms with Crippen molar-refractivity contribution in [2.75, 3.05) is 17.5 Å². The van der Waals surface area contributed by atoms with Crippen LogP contribution in [0.2, 0.25) is 0 Å². The summed E-state index contributed by atoms with van der Waals surface area (Å²) < 4.78 is 32.6. The average molecular weight is 467 g/mol. The smallest absolute Gasteiger partial charge is 0.338 e. The molecule has 1 amide bonds. The average Bonchev–Trinajstić information content (AvgIpc) is 2.83. The Morgan fingerprint density at radius 2 is 1.64 bits per heavy atom. The van der Waals surface area contributed by atoms with Crippen molar-refractivity contribution >= 4 is 27.6 Å². The Balaban J connectivity index is 1.64. The van der Waals surface area contributed by atoms with Gasteiger partial charge in [0.05, 0.1) is 16.1 Å². The number of aryl methyl sites for hydroxylation is 1. The number of nitrogens with one attached hydrogen (secondary N) is 1. The molecule has 0 aliphatic rings. The first kappa shape index (κ1) is 24.0. The molecule has 0 radical (unpaired) electrons. The SMILES string of the molecule is CCN(c1ccccc1)S(=O)(=O)c1cccc(C(=O)OCC(=O)NCc2ccc(C)cc2)c1. The lowest BCUT2D eigenvalue weighted by atomic mass is 10.1. The Morgan fingerprint density at radius 3 is 2.30 bits per heavy atom. The van der Waals surface area contributed by atoms with Crippen molar-refractivity contribution in [2.45, 2.75) is 25.3 Å². The second-order valence-corrected chi connectivity index (χ2v) is 9.23. The molecule has 3 aromatic carbocycles. The molecule has 0 atom stereocenters. The molecule has 3 rings (SSSR count). The molecule has 0 spiro atoms. The topological polar surface area (TPSA) is 92.8 Å². The van der Waals surface area contributed by atoms with Crippen LogP contribution in [0.15, 0.2) is 83.8 Å². The molecule has 0 aliphatic carbocycles. The van der Waals surface area contributed by atoms with E-state index in [2.05, 4.69) is 5.32 Å². The predicted octanol–water partition coefficient (Wildman–Crippen LogP) is 3.68. The van der Waals surface area contributed by atoms with E-state index in [-0.39, 0.29) is 17.0 Å². The predicted molar refractivity (Wildman–Crippen MR) is 126 cm³/mol. The third kappa shape index (κ3) is 6.20. The first-order valence-electron chi connectivity index (χ1n) is 10.5. The monoisotopic (exact) mass is 466 g/mol. The zero-order valence-electron chi connectivity index (χ0n) is 18.5. The Hall–Kier alpha value is -3.65. The molecule has 7 nitrogen and oxygen atoms in total. The highest BCUT2D eigenvalue weighted by Crippen LogP contribution is 2.24. The summed E-state index contributed by atoms with van der Waals surface area (Å²) in [5, 5.41) is 2.68. The van der Waals surface area contributed by atoms with E-state index < -0.39 is 28.5 Å². The maximum atomic E-state index is 13.2.